The maximum Gasteiger partial charge on any atom is 0.203 e. The molecule has 1 aromatic carbocycles. The van der Waals surface area contributed by atoms with Crippen molar-refractivity contribution < 1.29 is 14.2 Å². The molecule has 0 unspecified atom stereocenters. The van der Waals surface area contributed by atoms with E-state index in [0.29, 0.717) is 35.9 Å². The first-order valence-corrected chi connectivity index (χ1v) is 8.91. The Morgan fingerprint density at radius 3 is 2.48 bits per heavy atom. The Morgan fingerprint density at radius 1 is 1.19 bits per heavy atom. The van der Waals surface area contributed by atoms with E-state index in [1.165, 1.54) is 0 Å². The van der Waals surface area contributed by atoms with Crippen LogP contribution in [0.4, 0.5) is 0 Å². The van der Waals surface area contributed by atoms with Crippen LogP contribution >= 0.6 is 0 Å². The molecule has 0 radical (unpaired) electrons. The number of H-pyrrole nitrogens is 1. The molecule has 144 valence electrons. The number of hydrogen-bond donors (Lipinski definition) is 2. The van der Waals surface area contributed by atoms with Crippen molar-refractivity contribution >= 4 is 0 Å². The standard InChI is InChI=1S/C21H27N3O3/c1-6-8-14-16(12-22)24-17(13-23-11-7-2)19(14)15-9-10-18(25-3)21(27-5)20(15)26-4/h6,9-10,23-24H,1,7-8,11,13H2,2-5H3. The van der Waals surface area contributed by atoms with Gasteiger partial charge in [0.1, 0.15) is 11.8 Å². The zero-order valence-corrected chi connectivity index (χ0v) is 16.4. The van der Waals surface area contributed by atoms with Crippen LogP contribution < -0.4 is 19.5 Å². The summed E-state index contributed by atoms with van der Waals surface area (Å²) in [5.74, 6) is 1.68. The number of aromatic amines is 1. The van der Waals surface area contributed by atoms with Crippen molar-refractivity contribution in [3.63, 3.8) is 0 Å². The second kappa shape index (κ2) is 9.70. The summed E-state index contributed by atoms with van der Waals surface area (Å²) in [6.07, 6.45) is 3.39. The van der Waals surface area contributed by atoms with Crippen molar-refractivity contribution in [2.75, 3.05) is 27.9 Å². The van der Waals surface area contributed by atoms with Crippen LogP contribution in [0.15, 0.2) is 24.8 Å². The van der Waals surface area contributed by atoms with Gasteiger partial charge in [0.15, 0.2) is 11.5 Å². The number of ether oxygens (including phenoxy) is 3. The predicted molar refractivity (Wildman–Crippen MR) is 106 cm³/mol. The summed E-state index contributed by atoms with van der Waals surface area (Å²) >= 11 is 0. The van der Waals surface area contributed by atoms with Gasteiger partial charge in [0, 0.05) is 23.4 Å². The molecule has 1 heterocycles. The monoisotopic (exact) mass is 369 g/mol. The minimum absolute atomic E-state index is 0.522. The molecule has 1 aromatic heterocycles. The largest absolute Gasteiger partial charge is 0.493 e. The molecular weight excluding hydrogens is 342 g/mol. The Morgan fingerprint density at radius 2 is 1.93 bits per heavy atom. The van der Waals surface area contributed by atoms with Gasteiger partial charge in [-0.3, -0.25) is 0 Å². The van der Waals surface area contributed by atoms with Gasteiger partial charge in [0.05, 0.1) is 21.3 Å². The van der Waals surface area contributed by atoms with Crippen LogP contribution in [-0.4, -0.2) is 32.9 Å². The number of benzene rings is 1. The van der Waals surface area contributed by atoms with Gasteiger partial charge in [-0.25, -0.2) is 0 Å². The van der Waals surface area contributed by atoms with E-state index in [1.807, 2.05) is 12.1 Å². The van der Waals surface area contributed by atoms with Crippen molar-refractivity contribution in [1.29, 1.82) is 5.26 Å². The lowest BCUT2D eigenvalue weighted by Gasteiger charge is -2.17. The lowest BCUT2D eigenvalue weighted by molar-refractivity contribution is 0.325. The molecule has 2 N–H and O–H groups in total. The van der Waals surface area contributed by atoms with E-state index < -0.39 is 0 Å². The molecule has 0 fully saturated rings. The summed E-state index contributed by atoms with van der Waals surface area (Å²) < 4.78 is 16.6. The summed E-state index contributed by atoms with van der Waals surface area (Å²) in [5, 5.41) is 13.0. The van der Waals surface area contributed by atoms with Crippen LogP contribution in [0.25, 0.3) is 11.1 Å². The minimum atomic E-state index is 0.522. The number of nitrogens with one attached hydrogen (secondary N) is 2. The summed E-state index contributed by atoms with van der Waals surface area (Å²) in [6, 6.07) is 6.04. The molecule has 0 aliphatic carbocycles. The number of nitriles is 1. The molecule has 6 heteroatoms. The molecule has 2 rings (SSSR count). The molecule has 0 bridgehead atoms. The quantitative estimate of drug-likeness (QED) is 0.492. The minimum Gasteiger partial charge on any atom is -0.493 e. The van der Waals surface area contributed by atoms with Crippen molar-refractivity contribution in [3.05, 3.63) is 41.7 Å². The van der Waals surface area contributed by atoms with Gasteiger partial charge in [-0.15, -0.1) is 6.58 Å². The summed E-state index contributed by atoms with van der Waals surface area (Å²) in [6.45, 7) is 7.46. The van der Waals surface area contributed by atoms with E-state index in [9.17, 15) is 5.26 Å². The number of hydrogen-bond acceptors (Lipinski definition) is 5. The first kappa shape index (κ1) is 20.4. The van der Waals surface area contributed by atoms with Crippen molar-refractivity contribution in [2.45, 2.75) is 26.3 Å². The van der Waals surface area contributed by atoms with Crippen LogP contribution in [0.2, 0.25) is 0 Å². The van der Waals surface area contributed by atoms with Gasteiger partial charge < -0.3 is 24.5 Å². The first-order chi connectivity index (χ1) is 13.2. The zero-order chi connectivity index (χ0) is 19.8. The van der Waals surface area contributed by atoms with Gasteiger partial charge in [-0.1, -0.05) is 13.0 Å². The third-order valence-corrected chi connectivity index (χ3v) is 4.34. The number of rotatable bonds is 10. The fraction of sp³-hybridized carbons (Fsp3) is 0.381. The Bertz CT molecular complexity index is 834. The first-order valence-electron chi connectivity index (χ1n) is 8.91. The van der Waals surface area contributed by atoms with Crippen LogP contribution in [0, 0.1) is 11.3 Å². The number of aromatic nitrogens is 1. The molecule has 0 amide bonds. The third-order valence-electron chi connectivity index (χ3n) is 4.34. The molecule has 0 saturated heterocycles. The highest BCUT2D eigenvalue weighted by atomic mass is 16.5. The fourth-order valence-corrected chi connectivity index (χ4v) is 3.19. The lowest BCUT2D eigenvalue weighted by atomic mass is 9.96. The molecule has 6 nitrogen and oxygen atoms in total. The Hall–Kier alpha value is -2.91. The van der Waals surface area contributed by atoms with E-state index in [4.69, 9.17) is 14.2 Å². The Balaban J connectivity index is 2.73. The van der Waals surface area contributed by atoms with Crippen LogP contribution in [0.5, 0.6) is 17.2 Å². The molecule has 0 aliphatic heterocycles. The molecule has 2 aromatic rings. The molecule has 0 atom stereocenters. The number of allylic oxidation sites excluding steroid dienone is 1. The van der Waals surface area contributed by atoms with Gasteiger partial charge in [-0.2, -0.15) is 5.26 Å². The zero-order valence-electron chi connectivity index (χ0n) is 16.4. The van der Waals surface area contributed by atoms with Crippen LogP contribution in [-0.2, 0) is 13.0 Å². The Kier molecular flexibility index (Phi) is 7.33. The maximum absolute atomic E-state index is 9.60. The van der Waals surface area contributed by atoms with Gasteiger partial charge in [0.25, 0.3) is 0 Å². The smallest absolute Gasteiger partial charge is 0.203 e. The van der Waals surface area contributed by atoms with Crippen LogP contribution in [0.1, 0.15) is 30.3 Å². The summed E-state index contributed by atoms with van der Waals surface area (Å²) in [7, 11) is 4.77. The average Bonchev–Trinajstić information content (AvgIpc) is 3.04. The van der Waals surface area contributed by atoms with Gasteiger partial charge >= 0.3 is 0 Å². The lowest BCUT2D eigenvalue weighted by Crippen LogP contribution is -2.14. The number of methoxy groups -OCH3 is 3. The third kappa shape index (κ3) is 4.09. The van der Waals surface area contributed by atoms with Crippen LogP contribution in [0.3, 0.4) is 0 Å². The highest BCUT2D eigenvalue weighted by Crippen LogP contribution is 2.46. The normalized spacial score (nSPS) is 10.3. The van der Waals surface area contributed by atoms with Crippen molar-refractivity contribution in [2.24, 2.45) is 0 Å². The maximum atomic E-state index is 9.60. The molecular formula is C21H27N3O3. The average molecular weight is 369 g/mol. The van der Waals surface area contributed by atoms with Crippen molar-refractivity contribution in [1.82, 2.24) is 10.3 Å². The highest BCUT2D eigenvalue weighted by Gasteiger charge is 2.24. The molecule has 27 heavy (non-hydrogen) atoms. The number of nitrogens with zero attached hydrogens (tertiary/aromatic N) is 1. The Labute approximate surface area is 160 Å². The topological polar surface area (TPSA) is 79.3 Å². The fourth-order valence-electron chi connectivity index (χ4n) is 3.19. The SMILES string of the molecule is C=CCc1c(C#N)[nH]c(CNCCC)c1-c1ccc(OC)c(OC)c1OC. The van der Waals surface area contributed by atoms with E-state index >= 15 is 0 Å². The molecule has 0 aliphatic rings. The highest BCUT2D eigenvalue weighted by molar-refractivity contribution is 5.81. The van der Waals surface area contributed by atoms with Gasteiger partial charge in [0.2, 0.25) is 5.75 Å². The van der Waals surface area contributed by atoms with E-state index in [1.54, 1.807) is 27.4 Å². The van der Waals surface area contributed by atoms with Crippen molar-refractivity contribution in [3.8, 4) is 34.4 Å². The molecule has 0 spiro atoms. The summed E-state index contributed by atoms with van der Waals surface area (Å²) in [5.41, 5.74) is 4.15. The second-order valence-corrected chi connectivity index (χ2v) is 6.00. The molecule has 0 saturated carbocycles. The van der Waals surface area contributed by atoms with E-state index in [2.05, 4.69) is 29.9 Å². The predicted octanol–water partition coefficient (Wildman–Crippen LogP) is 3.81. The van der Waals surface area contributed by atoms with E-state index in [-0.39, 0.29) is 0 Å². The van der Waals surface area contributed by atoms with E-state index in [0.717, 1.165) is 35.3 Å². The summed E-state index contributed by atoms with van der Waals surface area (Å²) in [4.78, 5) is 3.26. The second-order valence-electron chi connectivity index (χ2n) is 6.00. The van der Waals surface area contributed by atoms with Gasteiger partial charge in [-0.05, 0) is 37.1 Å².